The molecule has 0 aromatic carbocycles. The molecular formula is C15H27F3O3. The molecule has 0 aromatic rings. The van der Waals surface area contributed by atoms with E-state index in [-0.39, 0.29) is 12.8 Å². The minimum Gasteiger partial charge on any atom is -0.390 e. The molecule has 0 amide bonds. The number of alkyl halides is 3. The second kappa shape index (κ2) is 5.39. The molecule has 126 valence electrons. The van der Waals surface area contributed by atoms with Crippen LogP contribution < -0.4 is 0 Å². The van der Waals surface area contributed by atoms with Crippen LogP contribution in [0, 0.1) is 17.8 Å². The van der Waals surface area contributed by atoms with Crippen molar-refractivity contribution in [3.63, 3.8) is 0 Å². The zero-order valence-corrected chi connectivity index (χ0v) is 13.3. The highest BCUT2D eigenvalue weighted by molar-refractivity contribution is 4.99. The van der Waals surface area contributed by atoms with Crippen LogP contribution >= 0.6 is 0 Å². The maximum Gasteiger partial charge on any atom is 0.417 e. The maximum atomic E-state index is 13.1. The van der Waals surface area contributed by atoms with Gasteiger partial charge in [0.25, 0.3) is 0 Å². The van der Waals surface area contributed by atoms with Crippen molar-refractivity contribution in [1.82, 2.24) is 0 Å². The third-order valence-electron chi connectivity index (χ3n) is 5.07. The van der Waals surface area contributed by atoms with Crippen LogP contribution in [0.15, 0.2) is 0 Å². The Morgan fingerprint density at radius 2 is 0.952 bits per heavy atom. The lowest BCUT2D eigenvalue weighted by atomic mass is 9.62. The molecule has 1 aliphatic rings. The minimum atomic E-state index is -4.73. The Balaban J connectivity index is 3.10. The predicted molar refractivity (Wildman–Crippen MR) is 73.6 cm³/mol. The van der Waals surface area contributed by atoms with E-state index >= 15 is 0 Å². The molecule has 3 unspecified atom stereocenters. The predicted octanol–water partition coefficient (Wildman–Crippen LogP) is 2.87. The van der Waals surface area contributed by atoms with Crippen molar-refractivity contribution in [1.29, 1.82) is 0 Å². The topological polar surface area (TPSA) is 60.7 Å². The van der Waals surface area contributed by atoms with E-state index in [0.717, 1.165) is 6.92 Å². The smallest absolute Gasteiger partial charge is 0.390 e. The normalized spacial score (nSPS) is 31.9. The molecule has 0 spiro atoms. The SMILES string of the molecule is CC(C)(O)C1CC(C(C)(C)O)CC(C(C)(O)C(F)(F)F)C1. The highest BCUT2D eigenvalue weighted by atomic mass is 19.4. The zero-order valence-electron chi connectivity index (χ0n) is 13.3. The van der Waals surface area contributed by atoms with Crippen molar-refractivity contribution in [2.24, 2.45) is 17.8 Å². The van der Waals surface area contributed by atoms with E-state index in [0.29, 0.717) is 6.42 Å². The van der Waals surface area contributed by atoms with Crippen LogP contribution in [-0.4, -0.2) is 38.3 Å². The summed E-state index contributed by atoms with van der Waals surface area (Å²) in [6.07, 6.45) is -4.12. The fourth-order valence-electron chi connectivity index (χ4n) is 3.16. The van der Waals surface area contributed by atoms with E-state index in [1.807, 2.05) is 0 Å². The van der Waals surface area contributed by atoms with Crippen LogP contribution in [-0.2, 0) is 0 Å². The molecule has 0 aliphatic heterocycles. The van der Waals surface area contributed by atoms with Crippen molar-refractivity contribution < 1.29 is 28.5 Å². The molecule has 1 fully saturated rings. The summed E-state index contributed by atoms with van der Waals surface area (Å²) in [6.45, 7) is 7.02. The first-order chi connectivity index (χ1) is 9.07. The Bertz CT molecular complexity index is 342. The fourth-order valence-corrected chi connectivity index (χ4v) is 3.16. The summed E-state index contributed by atoms with van der Waals surface area (Å²) in [5.41, 5.74) is -5.12. The van der Waals surface area contributed by atoms with Crippen LogP contribution in [0.2, 0.25) is 0 Å². The standard InChI is InChI=1S/C15H27F3O3/c1-12(2,19)9-6-10(13(3,4)20)8-11(7-9)14(5,21)15(16,17)18/h9-11,19-21H,6-8H2,1-5H3. The Hall–Kier alpha value is -0.330. The quantitative estimate of drug-likeness (QED) is 0.751. The summed E-state index contributed by atoms with van der Waals surface area (Å²) in [5, 5.41) is 30.3. The third kappa shape index (κ3) is 4.11. The van der Waals surface area contributed by atoms with Gasteiger partial charge in [-0.2, -0.15) is 13.2 Å². The van der Waals surface area contributed by atoms with Gasteiger partial charge < -0.3 is 15.3 Å². The molecule has 1 rings (SSSR count). The summed E-state index contributed by atoms with van der Waals surface area (Å²) >= 11 is 0. The van der Waals surface area contributed by atoms with E-state index in [2.05, 4.69) is 0 Å². The lowest BCUT2D eigenvalue weighted by molar-refractivity contribution is -0.281. The summed E-state index contributed by atoms with van der Waals surface area (Å²) in [4.78, 5) is 0. The van der Waals surface area contributed by atoms with Gasteiger partial charge in [0.2, 0.25) is 0 Å². The van der Waals surface area contributed by atoms with Crippen molar-refractivity contribution in [2.75, 3.05) is 0 Å². The number of hydrogen-bond acceptors (Lipinski definition) is 3. The second-order valence-corrected chi connectivity index (χ2v) is 7.75. The highest BCUT2D eigenvalue weighted by Crippen LogP contribution is 2.50. The van der Waals surface area contributed by atoms with Gasteiger partial charge in [-0.3, -0.25) is 0 Å². The van der Waals surface area contributed by atoms with Crippen LogP contribution in [0.5, 0.6) is 0 Å². The first-order valence-electron chi connectivity index (χ1n) is 7.30. The van der Waals surface area contributed by atoms with Gasteiger partial charge in [0.05, 0.1) is 11.2 Å². The lowest BCUT2D eigenvalue weighted by Crippen LogP contribution is -2.54. The fraction of sp³-hybridized carbons (Fsp3) is 1.00. The highest BCUT2D eigenvalue weighted by Gasteiger charge is 2.57. The first-order valence-corrected chi connectivity index (χ1v) is 7.30. The zero-order chi connectivity index (χ0) is 16.9. The maximum absolute atomic E-state index is 13.1. The molecule has 0 bridgehead atoms. The van der Waals surface area contributed by atoms with Gasteiger partial charge in [-0.25, -0.2) is 0 Å². The largest absolute Gasteiger partial charge is 0.417 e. The van der Waals surface area contributed by atoms with E-state index < -0.39 is 40.7 Å². The van der Waals surface area contributed by atoms with Crippen molar-refractivity contribution in [2.45, 2.75) is 76.9 Å². The molecule has 0 saturated heterocycles. The van der Waals surface area contributed by atoms with E-state index in [9.17, 15) is 28.5 Å². The number of aliphatic hydroxyl groups is 3. The second-order valence-electron chi connectivity index (χ2n) is 7.75. The van der Waals surface area contributed by atoms with Gasteiger partial charge in [0.1, 0.15) is 0 Å². The molecule has 3 N–H and O–H groups in total. The Labute approximate surface area is 124 Å². The number of hydrogen-bond donors (Lipinski definition) is 3. The monoisotopic (exact) mass is 312 g/mol. The molecule has 21 heavy (non-hydrogen) atoms. The Morgan fingerprint density at radius 1 is 0.667 bits per heavy atom. The van der Waals surface area contributed by atoms with Crippen LogP contribution in [0.25, 0.3) is 0 Å². The van der Waals surface area contributed by atoms with Crippen LogP contribution in [0.1, 0.15) is 53.9 Å². The van der Waals surface area contributed by atoms with Crippen LogP contribution in [0.3, 0.4) is 0 Å². The molecule has 0 heterocycles. The van der Waals surface area contributed by atoms with Gasteiger partial charge in [0.15, 0.2) is 5.60 Å². The Kier molecular flexibility index (Phi) is 4.80. The number of rotatable bonds is 3. The summed E-state index contributed by atoms with van der Waals surface area (Å²) in [5.74, 6) is -1.85. The molecule has 1 saturated carbocycles. The van der Waals surface area contributed by atoms with Gasteiger partial charge in [0, 0.05) is 0 Å². The number of halogens is 3. The van der Waals surface area contributed by atoms with E-state index in [4.69, 9.17) is 0 Å². The third-order valence-corrected chi connectivity index (χ3v) is 5.07. The van der Waals surface area contributed by atoms with Gasteiger partial charge in [-0.05, 0) is 71.6 Å². The summed E-state index contributed by atoms with van der Waals surface area (Å²) < 4.78 is 39.3. The lowest BCUT2D eigenvalue weighted by Gasteiger charge is -2.48. The molecular weight excluding hydrogens is 285 g/mol. The van der Waals surface area contributed by atoms with Gasteiger partial charge in [-0.1, -0.05) is 0 Å². The summed E-state index contributed by atoms with van der Waals surface area (Å²) in [7, 11) is 0. The average Bonchev–Trinajstić information content (AvgIpc) is 2.24. The summed E-state index contributed by atoms with van der Waals surface area (Å²) in [6, 6.07) is 0. The first kappa shape index (κ1) is 18.7. The molecule has 0 aromatic heterocycles. The van der Waals surface area contributed by atoms with E-state index in [1.54, 1.807) is 27.7 Å². The minimum absolute atomic E-state index is 0.0859. The molecule has 3 atom stereocenters. The Morgan fingerprint density at radius 3 is 1.19 bits per heavy atom. The van der Waals surface area contributed by atoms with E-state index in [1.165, 1.54) is 0 Å². The molecule has 1 aliphatic carbocycles. The van der Waals surface area contributed by atoms with Gasteiger partial charge in [-0.15, -0.1) is 0 Å². The molecule has 6 heteroatoms. The molecule has 3 nitrogen and oxygen atoms in total. The van der Waals surface area contributed by atoms with Crippen molar-refractivity contribution >= 4 is 0 Å². The van der Waals surface area contributed by atoms with Crippen molar-refractivity contribution in [3.8, 4) is 0 Å². The van der Waals surface area contributed by atoms with Crippen molar-refractivity contribution in [3.05, 3.63) is 0 Å². The average molecular weight is 312 g/mol. The van der Waals surface area contributed by atoms with Gasteiger partial charge >= 0.3 is 6.18 Å². The van der Waals surface area contributed by atoms with Crippen LogP contribution in [0.4, 0.5) is 13.2 Å². The molecule has 0 radical (unpaired) electrons.